The SMILES string of the molecule is CC(C)(C)OC(=O)N1CCCC(CO)(Cc2ccccc2)C1. The number of nitrogens with zero attached hydrogens (tertiary/aromatic N) is 1. The van der Waals surface area contributed by atoms with E-state index in [4.69, 9.17) is 4.74 Å². The fourth-order valence-electron chi connectivity index (χ4n) is 3.05. The normalized spacial score (nSPS) is 22.5. The zero-order valence-electron chi connectivity index (χ0n) is 13.8. The van der Waals surface area contributed by atoms with Crippen LogP contribution in [0.4, 0.5) is 4.79 Å². The van der Waals surface area contributed by atoms with Crippen LogP contribution < -0.4 is 0 Å². The van der Waals surface area contributed by atoms with Crippen LogP contribution in [-0.2, 0) is 11.2 Å². The van der Waals surface area contributed by atoms with Gasteiger partial charge >= 0.3 is 6.09 Å². The van der Waals surface area contributed by atoms with Crippen molar-refractivity contribution in [3.63, 3.8) is 0 Å². The quantitative estimate of drug-likeness (QED) is 0.932. The molecule has 1 atom stereocenters. The van der Waals surface area contributed by atoms with Crippen LogP contribution in [0.1, 0.15) is 39.2 Å². The van der Waals surface area contributed by atoms with Gasteiger partial charge in [0.25, 0.3) is 0 Å². The summed E-state index contributed by atoms with van der Waals surface area (Å²) in [5.41, 5.74) is 0.439. The number of benzene rings is 1. The van der Waals surface area contributed by atoms with Gasteiger partial charge in [-0.3, -0.25) is 0 Å². The second-order valence-corrected chi connectivity index (χ2v) is 7.33. The predicted molar refractivity (Wildman–Crippen MR) is 86.7 cm³/mol. The fraction of sp³-hybridized carbons (Fsp3) is 0.611. The Bertz CT molecular complexity index is 495. The van der Waals surface area contributed by atoms with E-state index in [-0.39, 0.29) is 18.1 Å². The number of piperidine rings is 1. The fourth-order valence-corrected chi connectivity index (χ4v) is 3.05. The maximum Gasteiger partial charge on any atom is 0.410 e. The van der Waals surface area contributed by atoms with Crippen molar-refractivity contribution in [1.29, 1.82) is 0 Å². The molecule has 4 nitrogen and oxygen atoms in total. The van der Waals surface area contributed by atoms with E-state index >= 15 is 0 Å². The molecule has 1 saturated heterocycles. The summed E-state index contributed by atoms with van der Waals surface area (Å²) >= 11 is 0. The summed E-state index contributed by atoms with van der Waals surface area (Å²) < 4.78 is 5.47. The molecule has 1 N–H and O–H groups in total. The molecule has 122 valence electrons. The van der Waals surface area contributed by atoms with Crippen LogP contribution in [-0.4, -0.2) is 41.4 Å². The number of amides is 1. The molecule has 0 saturated carbocycles. The highest BCUT2D eigenvalue weighted by atomic mass is 16.6. The molecule has 1 aromatic rings. The van der Waals surface area contributed by atoms with E-state index in [2.05, 4.69) is 12.1 Å². The molecule has 2 rings (SSSR count). The van der Waals surface area contributed by atoms with Crippen molar-refractivity contribution in [3.8, 4) is 0 Å². The number of hydrogen-bond donors (Lipinski definition) is 1. The number of ether oxygens (including phenoxy) is 1. The van der Waals surface area contributed by atoms with E-state index in [0.29, 0.717) is 13.1 Å². The van der Waals surface area contributed by atoms with Crippen molar-refractivity contribution in [2.24, 2.45) is 5.41 Å². The molecule has 1 aliphatic rings. The lowest BCUT2D eigenvalue weighted by Crippen LogP contribution is -2.50. The molecule has 0 aromatic heterocycles. The predicted octanol–water partition coefficient (Wildman–Crippen LogP) is 3.24. The van der Waals surface area contributed by atoms with Crippen molar-refractivity contribution in [1.82, 2.24) is 4.90 Å². The van der Waals surface area contributed by atoms with Gasteiger partial charge in [0.2, 0.25) is 0 Å². The molecule has 4 heteroatoms. The molecule has 1 heterocycles. The number of rotatable bonds is 3. The molecule has 0 bridgehead atoms. The number of likely N-dealkylation sites (tertiary alicyclic amines) is 1. The average molecular weight is 305 g/mol. The highest BCUT2D eigenvalue weighted by molar-refractivity contribution is 5.68. The van der Waals surface area contributed by atoms with Gasteiger partial charge in [0.05, 0.1) is 6.61 Å². The number of hydrogen-bond acceptors (Lipinski definition) is 3. The standard InChI is InChI=1S/C18H27NO3/c1-17(2,3)22-16(21)19-11-7-10-18(13-19,14-20)12-15-8-5-4-6-9-15/h4-6,8-9,20H,7,10-14H2,1-3H3. The monoisotopic (exact) mass is 305 g/mol. The third-order valence-corrected chi connectivity index (χ3v) is 4.07. The molecular weight excluding hydrogens is 278 g/mol. The van der Waals surface area contributed by atoms with Gasteiger partial charge in [0.1, 0.15) is 5.60 Å². The summed E-state index contributed by atoms with van der Waals surface area (Å²) in [7, 11) is 0. The number of aliphatic hydroxyl groups excluding tert-OH is 1. The second kappa shape index (κ2) is 6.69. The molecule has 0 spiro atoms. The van der Waals surface area contributed by atoms with Crippen LogP contribution in [0.15, 0.2) is 30.3 Å². The lowest BCUT2D eigenvalue weighted by Gasteiger charge is -2.42. The first-order valence-electron chi connectivity index (χ1n) is 7.96. The summed E-state index contributed by atoms with van der Waals surface area (Å²) in [5.74, 6) is 0. The first-order chi connectivity index (χ1) is 10.3. The lowest BCUT2D eigenvalue weighted by atomic mass is 9.76. The highest BCUT2D eigenvalue weighted by Crippen LogP contribution is 2.34. The van der Waals surface area contributed by atoms with Gasteiger partial charge in [-0.25, -0.2) is 4.79 Å². The largest absolute Gasteiger partial charge is 0.444 e. The average Bonchev–Trinajstić information content (AvgIpc) is 2.47. The Morgan fingerprint density at radius 2 is 2.00 bits per heavy atom. The van der Waals surface area contributed by atoms with Crippen LogP contribution in [0.25, 0.3) is 0 Å². The lowest BCUT2D eigenvalue weighted by molar-refractivity contribution is -0.00845. The Balaban J connectivity index is 2.07. The smallest absolute Gasteiger partial charge is 0.410 e. The van der Waals surface area contributed by atoms with Gasteiger partial charge in [-0.2, -0.15) is 0 Å². The Morgan fingerprint density at radius 3 is 2.59 bits per heavy atom. The van der Waals surface area contributed by atoms with E-state index < -0.39 is 5.60 Å². The first kappa shape index (κ1) is 16.8. The van der Waals surface area contributed by atoms with E-state index in [1.165, 1.54) is 5.56 Å². The van der Waals surface area contributed by atoms with E-state index in [0.717, 1.165) is 19.3 Å². The summed E-state index contributed by atoms with van der Waals surface area (Å²) in [6, 6.07) is 10.2. The van der Waals surface area contributed by atoms with Gasteiger partial charge < -0.3 is 14.7 Å². The second-order valence-electron chi connectivity index (χ2n) is 7.33. The van der Waals surface area contributed by atoms with Crippen LogP contribution in [0.5, 0.6) is 0 Å². The molecule has 0 aliphatic carbocycles. The van der Waals surface area contributed by atoms with Crippen molar-refractivity contribution in [2.75, 3.05) is 19.7 Å². The third kappa shape index (κ3) is 4.47. The van der Waals surface area contributed by atoms with Crippen LogP contribution in [0, 0.1) is 5.41 Å². The Morgan fingerprint density at radius 1 is 1.32 bits per heavy atom. The topological polar surface area (TPSA) is 49.8 Å². The summed E-state index contributed by atoms with van der Waals surface area (Å²) in [4.78, 5) is 14.0. The molecule has 22 heavy (non-hydrogen) atoms. The van der Waals surface area contributed by atoms with Crippen LogP contribution >= 0.6 is 0 Å². The Kier molecular flexibility index (Phi) is 5.12. The summed E-state index contributed by atoms with van der Waals surface area (Å²) in [5, 5.41) is 9.96. The van der Waals surface area contributed by atoms with Crippen molar-refractivity contribution in [2.45, 2.75) is 45.6 Å². The third-order valence-electron chi connectivity index (χ3n) is 4.07. The number of carbonyl (C=O) groups excluding carboxylic acids is 1. The zero-order chi connectivity index (χ0) is 16.2. The maximum absolute atomic E-state index is 12.3. The first-order valence-corrected chi connectivity index (χ1v) is 7.96. The molecule has 1 unspecified atom stereocenters. The van der Waals surface area contributed by atoms with E-state index in [1.54, 1.807) is 4.90 Å². The minimum atomic E-state index is -0.490. The van der Waals surface area contributed by atoms with Crippen LogP contribution in [0.3, 0.4) is 0 Å². The Hall–Kier alpha value is -1.55. The molecule has 1 aromatic carbocycles. The molecule has 1 amide bonds. The van der Waals surface area contributed by atoms with E-state index in [9.17, 15) is 9.90 Å². The molecule has 1 aliphatic heterocycles. The molecule has 1 fully saturated rings. The van der Waals surface area contributed by atoms with Gasteiger partial charge in [-0.05, 0) is 45.6 Å². The van der Waals surface area contributed by atoms with Crippen molar-refractivity contribution in [3.05, 3.63) is 35.9 Å². The molecular formula is C18H27NO3. The van der Waals surface area contributed by atoms with Gasteiger partial charge in [0.15, 0.2) is 0 Å². The van der Waals surface area contributed by atoms with Crippen LogP contribution in [0.2, 0.25) is 0 Å². The number of aliphatic hydroxyl groups is 1. The minimum Gasteiger partial charge on any atom is -0.444 e. The minimum absolute atomic E-state index is 0.0845. The van der Waals surface area contributed by atoms with E-state index in [1.807, 2.05) is 39.0 Å². The van der Waals surface area contributed by atoms with Crippen molar-refractivity contribution < 1.29 is 14.6 Å². The summed E-state index contributed by atoms with van der Waals surface area (Å²) in [6.07, 6.45) is 2.33. The Labute approximate surface area is 133 Å². The summed E-state index contributed by atoms with van der Waals surface area (Å²) in [6.45, 7) is 6.95. The zero-order valence-corrected chi connectivity index (χ0v) is 13.8. The van der Waals surface area contributed by atoms with Gasteiger partial charge in [-0.1, -0.05) is 30.3 Å². The van der Waals surface area contributed by atoms with Crippen molar-refractivity contribution >= 4 is 6.09 Å². The van der Waals surface area contributed by atoms with Gasteiger partial charge in [0, 0.05) is 18.5 Å². The maximum atomic E-state index is 12.3. The van der Waals surface area contributed by atoms with Gasteiger partial charge in [-0.15, -0.1) is 0 Å². The number of carbonyl (C=O) groups is 1. The molecule has 0 radical (unpaired) electrons. The highest BCUT2D eigenvalue weighted by Gasteiger charge is 2.38.